The van der Waals surface area contributed by atoms with Crippen molar-refractivity contribution in [1.29, 1.82) is 0 Å². The zero-order valence-electron chi connectivity index (χ0n) is 14.2. The van der Waals surface area contributed by atoms with Gasteiger partial charge in [0.15, 0.2) is 5.13 Å². The molecule has 0 radical (unpaired) electrons. The Balaban J connectivity index is 1.59. The molecule has 0 aromatic carbocycles. The maximum atomic E-state index is 11.9. The van der Waals surface area contributed by atoms with Gasteiger partial charge in [-0.3, -0.25) is 4.79 Å². The highest BCUT2D eigenvalue weighted by atomic mass is 32.1. The van der Waals surface area contributed by atoms with Crippen molar-refractivity contribution in [3.63, 3.8) is 0 Å². The zero-order valence-corrected chi connectivity index (χ0v) is 15.1. The van der Waals surface area contributed by atoms with Gasteiger partial charge in [-0.1, -0.05) is 32.1 Å². The molecule has 3 aromatic rings. The molecule has 1 amide bonds. The maximum Gasteiger partial charge on any atom is 0.232 e. The highest BCUT2D eigenvalue weighted by molar-refractivity contribution is 7.16. The van der Waals surface area contributed by atoms with Crippen LogP contribution < -0.4 is 5.32 Å². The molecule has 0 atom stereocenters. The quantitative estimate of drug-likeness (QED) is 0.728. The van der Waals surface area contributed by atoms with Crippen LogP contribution in [0.4, 0.5) is 5.13 Å². The van der Waals surface area contributed by atoms with Gasteiger partial charge in [0.25, 0.3) is 0 Å². The Labute approximate surface area is 149 Å². The first-order chi connectivity index (χ1) is 11.9. The minimum Gasteiger partial charge on any atom is -0.441 e. The molecule has 0 spiro atoms. The number of carbonyl (C=O) groups excluding carboxylic acids is 1. The summed E-state index contributed by atoms with van der Waals surface area (Å²) in [5.41, 5.74) is 0.683. The first-order valence-corrected chi connectivity index (χ1v) is 8.59. The van der Waals surface area contributed by atoms with Crippen LogP contribution in [-0.2, 0) is 16.6 Å². The van der Waals surface area contributed by atoms with Crippen LogP contribution in [0.3, 0.4) is 0 Å². The molecule has 0 aliphatic rings. The van der Waals surface area contributed by atoms with Gasteiger partial charge in [-0.15, -0.1) is 0 Å². The van der Waals surface area contributed by atoms with Gasteiger partial charge in [-0.05, 0) is 6.08 Å². The number of imidazole rings is 1. The highest BCUT2D eigenvalue weighted by Gasteiger charge is 2.18. The molecule has 0 unspecified atom stereocenters. The SMILES string of the molecule is CC(C)(C)c1cnc(C=Cc2cnc(NC(=O)Cc3cnc[nH]3)s2)o1. The molecular formula is C17H19N5O2S. The fraction of sp³-hybridized carbons (Fsp3) is 0.294. The van der Waals surface area contributed by atoms with Crippen molar-refractivity contribution in [3.8, 4) is 0 Å². The van der Waals surface area contributed by atoms with Crippen LogP contribution in [0.25, 0.3) is 12.2 Å². The third-order valence-electron chi connectivity index (χ3n) is 3.33. The molecular weight excluding hydrogens is 338 g/mol. The molecule has 2 N–H and O–H groups in total. The van der Waals surface area contributed by atoms with Crippen LogP contribution in [0, 0.1) is 0 Å². The lowest BCUT2D eigenvalue weighted by molar-refractivity contribution is -0.115. The number of H-pyrrole nitrogens is 1. The average Bonchev–Trinajstić information content (AvgIpc) is 3.25. The number of hydrogen-bond donors (Lipinski definition) is 2. The van der Waals surface area contributed by atoms with Crippen LogP contribution in [-0.4, -0.2) is 25.8 Å². The van der Waals surface area contributed by atoms with Crippen molar-refractivity contribution in [1.82, 2.24) is 19.9 Å². The largest absolute Gasteiger partial charge is 0.441 e. The number of carbonyl (C=O) groups is 1. The van der Waals surface area contributed by atoms with Crippen LogP contribution >= 0.6 is 11.3 Å². The van der Waals surface area contributed by atoms with Gasteiger partial charge in [-0.2, -0.15) is 0 Å². The maximum absolute atomic E-state index is 11.9. The zero-order chi connectivity index (χ0) is 17.9. The number of rotatable bonds is 5. The second-order valence-corrected chi connectivity index (χ2v) is 7.58. The Morgan fingerprint density at radius 2 is 2.12 bits per heavy atom. The highest BCUT2D eigenvalue weighted by Crippen LogP contribution is 2.24. The van der Waals surface area contributed by atoms with Crippen molar-refractivity contribution in [2.45, 2.75) is 32.6 Å². The Kier molecular flexibility index (Phi) is 4.80. The van der Waals surface area contributed by atoms with E-state index in [1.165, 1.54) is 11.3 Å². The van der Waals surface area contributed by atoms with Crippen LogP contribution in [0.1, 0.15) is 43.0 Å². The lowest BCUT2D eigenvalue weighted by atomic mass is 9.94. The monoisotopic (exact) mass is 357 g/mol. The summed E-state index contributed by atoms with van der Waals surface area (Å²) in [4.78, 5) is 28.0. The molecule has 0 aliphatic heterocycles. The number of amides is 1. The van der Waals surface area contributed by atoms with Gasteiger partial charge >= 0.3 is 0 Å². The Morgan fingerprint density at radius 1 is 1.28 bits per heavy atom. The molecule has 130 valence electrons. The van der Waals surface area contributed by atoms with Crippen molar-refractivity contribution in [2.75, 3.05) is 5.32 Å². The molecule has 25 heavy (non-hydrogen) atoms. The molecule has 0 saturated heterocycles. The number of anilines is 1. The molecule has 0 saturated carbocycles. The second-order valence-electron chi connectivity index (χ2n) is 6.52. The first kappa shape index (κ1) is 17.1. The normalized spacial score (nSPS) is 12.0. The standard InChI is InChI=1S/C17H19N5O2S/c1-17(2,3)13-9-19-15(24-13)5-4-12-8-20-16(25-12)22-14(23)6-11-7-18-10-21-11/h4-5,7-10H,6H2,1-3H3,(H,18,21)(H,20,22,23). The first-order valence-electron chi connectivity index (χ1n) is 7.77. The molecule has 0 fully saturated rings. The number of oxazole rings is 1. The van der Waals surface area contributed by atoms with Crippen LogP contribution in [0.5, 0.6) is 0 Å². The topological polar surface area (TPSA) is 96.7 Å². The predicted molar refractivity (Wildman–Crippen MR) is 97.2 cm³/mol. The van der Waals surface area contributed by atoms with Gasteiger partial charge in [-0.25, -0.2) is 15.0 Å². The summed E-state index contributed by atoms with van der Waals surface area (Å²) >= 11 is 1.38. The van der Waals surface area contributed by atoms with Gasteiger partial charge in [0.05, 0.1) is 18.9 Å². The predicted octanol–water partition coefficient (Wildman–Crippen LogP) is 3.50. The Morgan fingerprint density at radius 3 is 2.80 bits per heavy atom. The summed E-state index contributed by atoms with van der Waals surface area (Å²) in [6.07, 6.45) is 10.5. The van der Waals surface area contributed by atoms with Crippen molar-refractivity contribution < 1.29 is 9.21 Å². The number of nitrogens with one attached hydrogen (secondary N) is 2. The molecule has 8 heteroatoms. The summed E-state index contributed by atoms with van der Waals surface area (Å²) in [6, 6.07) is 0. The van der Waals surface area contributed by atoms with Gasteiger partial charge in [0.1, 0.15) is 5.76 Å². The third-order valence-corrected chi connectivity index (χ3v) is 4.21. The number of hydrogen-bond acceptors (Lipinski definition) is 6. The summed E-state index contributed by atoms with van der Waals surface area (Å²) in [5.74, 6) is 1.24. The van der Waals surface area contributed by atoms with E-state index in [9.17, 15) is 4.79 Å². The van der Waals surface area contributed by atoms with Crippen molar-refractivity contribution in [2.24, 2.45) is 0 Å². The van der Waals surface area contributed by atoms with Gasteiger partial charge in [0.2, 0.25) is 11.8 Å². The van der Waals surface area contributed by atoms with E-state index < -0.39 is 0 Å². The molecule has 3 rings (SSSR count). The number of thiazole rings is 1. The summed E-state index contributed by atoms with van der Waals surface area (Å²) < 4.78 is 5.71. The number of aromatic nitrogens is 4. The molecule has 0 aliphatic carbocycles. The molecule has 0 bridgehead atoms. The minimum atomic E-state index is -0.142. The van der Waals surface area contributed by atoms with E-state index in [2.05, 4.69) is 46.0 Å². The van der Waals surface area contributed by atoms with Gasteiger partial charge < -0.3 is 14.7 Å². The fourth-order valence-corrected chi connectivity index (χ4v) is 2.74. The molecule has 3 heterocycles. The Hall–Kier alpha value is -2.74. The van der Waals surface area contributed by atoms with E-state index in [0.717, 1.165) is 16.3 Å². The lowest BCUT2D eigenvalue weighted by Gasteiger charge is -2.12. The summed E-state index contributed by atoms with van der Waals surface area (Å²) in [6.45, 7) is 6.22. The van der Waals surface area contributed by atoms with E-state index in [4.69, 9.17) is 4.42 Å². The summed E-state index contributed by atoms with van der Waals surface area (Å²) in [5, 5.41) is 3.32. The van der Waals surface area contributed by atoms with Crippen molar-refractivity contribution >= 4 is 34.5 Å². The number of nitrogens with zero attached hydrogens (tertiary/aromatic N) is 3. The summed E-state index contributed by atoms with van der Waals surface area (Å²) in [7, 11) is 0. The third kappa shape index (κ3) is 4.63. The van der Waals surface area contributed by atoms with Crippen LogP contribution in [0.15, 0.2) is 29.3 Å². The van der Waals surface area contributed by atoms with Crippen molar-refractivity contribution in [3.05, 3.63) is 47.1 Å². The second kappa shape index (κ2) is 7.02. The molecule has 3 aromatic heterocycles. The van der Waals surface area contributed by atoms with E-state index in [1.54, 1.807) is 31.0 Å². The minimum absolute atomic E-state index is 0.0737. The average molecular weight is 357 g/mol. The van der Waals surface area contributed by atoms with Crippen LogP contribution in [0.2, 0.25) is 0 Å². The van der Waals surface area contributed by atoms with E-state index in [1.807, 2.05) is 6.08 Å². The number of aromatic amines is 1. The lowest BCUT2D eigenvalue weighted by Crippen LogP contribution is -2.14. The Bertz CT molecular complexity index is 871. The smallest absolute Gasteiger partial charge is 0.232 e. The van der Waals surface area contributed by atoms with E-state index in [-0.39, 0.29) is 17.7 Å². The van der Waals surface area contributed by atoms with Gasteiger partial charge in [0, 0.05) is 34.5 Å². The van der Waals surface area contributed by atoms with E-state index >= 15 is 0 Å². The fourth-order valence-electron chi connectivity index (χ4n) is 2.00. The van der Waals surface area contributed by atoms with E-state index in [0.29, 0.717) is 11.0 Å². The molecule has 7 nitrogen and oxygen atoms in total.